The largest absolute Gasteiger partial charge is 0.311 e. The van der Waals surface area contributed by atoms with E-state index in [4.69, 9.17) is 0 Å². The Hall–Kier alpha value is -7.76. The highest BCUT2D eigenvalue weighted by Crippen LogP contribution is 2.42. The van der Waals surface area contributed by atoms with Gasteiger partial charge in [-0.15, -0.1) is 0 Å². The lowest BCUT2D eigenvalue weighted by molar-refractivity contribution is 1.17. The van der Waals surface area contributed by atoms with Crippen LogP contribution >= 0.6 is 0 Å². The highest BCUT2D eigenvalue weighted by molar-refractivity contribution is 6.12. The molecular weight excluding hydrogens is 707 g/mol. The van der Waals surface area contributed by atoms with E-state index in [2.05, 4.69) is 219 Å². The molecule has 0 fully saturated rings. The number of para-hydroxylation sites is 3. The Labute approximate surface area is 339 Å². The van der Waals surface area contributed by atoms with Crippen LogP contribution in [0.25, 0.3) is 49.7 Å². The first-order valence-corrected chi connectivity index (χ1v) is 19.5. The molecule has 5 heteroatoms. The number of hydrogen-bond acceptors (Lipinski definition) is 4. The number of benzene rings is 7. The maximum Gasteiger partial charge on any atom is 0.115 e. The third-order valence-corrected chi connectivity index (χ3v) is 10.5. The Bertz CT molecular complexity index is 2840. The Morgan fingerprint density at radius 1 is 0.517 bits per heavy atom. The van der Waals surface area contributed by atoms with Crippen molar-refractivity contribution in [3.8, 4) is 27.9 Å². The average molecular weight is 748 g/mol. The van der Waals surface area contributed by atoms with E-state index < -0.39 is 0 Å². The van der Waals surface area contributed by atoms with Gasteiger partial charge < -0.3 is 14.4 Å². The first-order chi connectivity index (χ1) is 28.7. The minimum Gasteiger partial charge on any atom is -0.311 e. The second-order valence-electron chi connectivity index (χ2n) is 14.0. The standard InChI is InChI=1S/C53H41N5/c1-3-5-15-43(4-2)56(44-16-9-6-10-17-44)48-30-32-52-50(34-48)51-35-49(57(45-18-11-7-12-19-45)46-20-13-8-14-21-46)31-33-53(51)58(52)47-28-26-40(27-29-47)39-22-24-41(25-23-39)42-36-54-38-55-37-42/h3-38H,2H2,1H3/b5-3-,43-15+. The second-order valence-corrected chi connectivity index (χ2v) is 14.0. The highest BCUT2D eigenvalue weighted by Gasteiger charge is 2.20. The van der Waals surface area contributed by atoms with Crippen molar-refractivity contribution >= 4 is 50.2 Å². The number of rotatable bonds is 11. The molecule has 5 nitrogen and oxygen atoms in total. The van der Waals surface area contributed by atoms with Gasteiger partial charge in [-0.3, -0.25) is 0 Å². The molecule has 2 heterocycles. The fraction of sp³-hybridized carbons (Fsp3) is 0.0189. The molecule has 0 N–H and O–H groups in total. The number of fused-ring (bicyclic) bond motifs is 3. The highest BCUT2D eigenvalue weighted by atomic mass is 15.2. The fourth-order valence-electron chi connectivity index (χ4n) is 7.72. The molecule has 9 aromatic rings. The molecule has 0 saturated carbocycles. The van der Waals surface area contributed by atoms with E-state index in [1.54, 1.807) is 6.33 Å². The number of aromatic nitrogens is 3. The first-order valence-electron chi connectivity index (χ1n) is 19.5. The number of allylic oxidation sites excluding steroid dienone is 4. The lowest BCUT2D eigenvalue weighted by Gasteiger charge is -2.26. The average Bonchev–Trinajstić information content (AvgIpc) is 3.62. The molecule has 0 aliphatic carbocycles. The topological polar surface area (TPSA) is 37.2 Å². The van der Waals surface area contributed by atoms with Crippen molar-refractivity contribution in [3.05, 3.63) is 231 Å². The summed E-state index contributed by atoms with van der Waals surface area (Å²) in [7, 11) is 0. The predicted molar refractivity (Wildman–Crippen MR) is 244 cm³/mol. The lowest BCUT2D eigenvalue weighted by atomic mass is 10.0. The van der Waals surface area contributed by atoms with Crippen LogP contribution in [-0.2, 0) is 0 Å². The number of anilines is 5. The summed E-state index contributed by atoms with van der Waals surface area (Å²) in [5.41, 5.74) is 14.1. The van der Waals surface area contributed by atoms with Crippen molar-refractivity contribution in [1.82, 2.24) is 14.5 Å². The van der Waals surface area contributed by atoms with Gasteiger partial charge >= 0.3 is 0 Å². The Morgan fingerprint density at radius 2 is 1.00 bits per heavy atom. The third kappa shape index (κ3) is 6.97. The minimum absolute atomic E-state index is 0.980. The molecule has 0 bridgehead atoms. The lowest BCUT2D eigenvalue weighted by Crippen LogP contribution is -2.14. The van der Waals surface area contributed by atoms with Crippen molar-refractivity contribution in [3.63, 3.8) is 0 Å². The summed E-state index contributed by atoms with van der Waals surface area (Å²) >= 11 is 0. The smallest absolute Gasteiger partial charge is 0.115 e. The summed E-state index contributed by atoms with van der Waals surface area (Å²) in [4.78, 5) is 13.0. The van der Waals surface area contributed by atoms with E-state index in [9.17, 15) is 0 Å². The van der Waals surface area contributed by atoms with Gasteiger partial charge in [0, 0.05) is 68.6 Å². The molecule has 0 spiro atoms. The van der Waals surface area contributed by atoms with Crippen molar-refractivity contribution in [2.24, 2.45) is 0 Å². The maximum atomic E-state index is 4.22. The number of nitrogens with zero attached hydrogens (tertiary/aromatic N) is 5. The maximum absolute atomic E-state index is 4.22. The van der Waals surface area contributed by atoms with Crippen LogP contribution in [0, 0.1) is 0 Å². The van der Waals surface area contributed by atoms with Gasteiger partial charge in [0.25, 0.3) is 0 Å². The van der Waals surface area contributed by atoms with Crippen LogP contribution in [0.15, 0.2) is 231 Å². The quantitative estimate of drug-likeness (QED) is 0.124. The van der Waals surface area contributed by atoms with Crippen LogP contribution in [0.1, 0.15) is 6.92 Å². The fourth-order valence-corrected chi connectivity index (χ4v) is 7.72. The predicted octanol–water partition coefficient (Wildman–Crippen LogP) is 14.2. The van der Waals surface area contributed by atoms with Crippen molar-refractivity contribution < 1.29 is 0 Å². The molecule has 58 heavy (non-hydrogen) atoms. The van der Waals surface area contributed by atoms with Gasteiger partial charge in [0.05, 0.1) is 11.0 Å². The van der Waals surface area contributed by atoms with Crippen LogP contribution in [0.4, 0.5) is 28.4 Å². The minimum atomic E-state index is 0.980. The molecule has 0 amide bonds. The molecule has 0 radical (unpaired) electrons. The molecule has 9 rings (SSSR count). The zero-order valence-electron chi connectivity index (χ0n) is 32.2. The Morgan fingerprint density at radius 3 is 1.53 bits per heavy atom. The summed E-state index contributed by atoms with van der Waals surface area (Å²) in [5.74, 6) is 0. The van der Waals surface area contributed by atoms with E-state index in [-0.39, 0.29) is 0 Å². The van der Waals surface area contributed by atoms with E-state index in [0.717, 1.165) is 83.9 Å². The van der Waals surface area contributed by atoms with Gasteiger partial charge in [0.1, 0.15) is 6.33 Å². The van der Waals surface area contributed by atoms with E-state index in [1.165, 1.54) is 0 Å². The monoisotopic (exact) mass is 747 g/mol. The van der Waals surface area contributed by atoms with Crippen molar-refractivity contribution in [1.29, 1.82) is 0 Å². The molecule has 0 aliphatic heterocycles. The van der Waals surface area contributed by atoms with Crippen molar-refractivity contribution in [2.75, 3.05) is 9.80 Å². The van der Waals surface area contributed by atoms with Gasteiger partial charge in [0.15, 0.2) is 0 Å². The Kier molecular flexibility index (Phi) is 10.00. The zero-order chi connectivity index (χ0) is 39.3. The normalized spacial score (nSPS) is 11.6. The number of hydrogen-bond donors (Lipinski definition) is 0. The van der Waals surface area contributed by atoms with Gasteiger partial charge in [-0.2, -0.15) is 0 Å². The van der Waals surface area contributed by atoms with Gasteiger partial charge in [-0.25, -0.2) is 9.97 Å². The van der Waals surface area contributed by atoms with Crippen LogP contribution in [0.5, 0.6) is 0 Å². The molecule has 278 valence electrons. The van der Waals surface area contributed by atoms with Crippen LogP contribution in [0.2, 0.25) is 0 Å². The molecule has 0 saturated heterocycles. The molecule has 0 unspecified atom stereocenters. The molecule has 7 aromatic carbocycles. The van der Waals surface area contributed by atoms with E-state index >= 15 is 0 Å². The van der Waals surface area contributed by atoms with E-state index in [1.807, 2.05) is 31.5 Å². The SMILES string of the molecule is C=C/C(=C\C=C/C)N(c1ccccc1)c1ccc2c(c1)c1cc(N(c3ccccc3)c3ccccc3)ccc1n2-c1ccc(-c2ccc(-c3cncnc3)cc2)cc1. The summed E-state index contributed by atoms with van der Waals surface area (Å²) in [5, 5.41) is 2.30. The Balaban J connectivity index is 1.22. The van der Waals surface area contributed by atoms with Crippen LogP contribution in [0.3, 0.4) is 0 Å². The summed E-state index contributed by atoms with van der Waals surface area (Å²) < 4.78 is 2.38. The molecule has 0 aliphatic rings. The molecular formula is C53H41N5. The third-order valence-electron chi connectivity index (χ3n) is 10.5. The van der Waals surface area contributed by atoms with Crippen molar-refractivity contribution in [2.45, 2.75) is 6.92 Å². The van der Waals surface area contributed by atoms with Gasteiger partial charge in [-0.05, 0) is 121 Å². The molecule has 0 atom stereocenters. The van der Waals surface area contributed by atoms with Crippen LogP contribution < -0.4 is 9.80 Å². The van der Waals surface area contributed by atoms with E-state index in [0.29, 0.717) is 0 Å². The second kappa shape index (κ2) is 16.1. The summed E-state index contributed by atoms with van der Waals surface area (Å²) in [6.07, 6.45) is 13.4. The van der Waals surface area contributed by atoms with Gasteiger partial charge in [0.2, 0.25) is 0 Å². The zero-order valence-corrected chi connectivity index (χ0v) is 32.2. The molecule has 2 aromatic heterocycles. The summed E-state index contributed by atoms with van der Waals surface area (Å²) in [6, 6.07) is 62.7. The first kappa shape index (κ1) is 35.9. The summed E-state index contributed by atoms with van der Waals surface area (Å²) in [6.45, 7) is 6.25. The van der Waals surface area contributed by atoms with Gasteiger partial charge in [-0.1, -0.05) is 110 Å². The van der Waals surface area contributed by atoms with Crippen LogP contribution in [-0.4, -0.2) is 14.5 Å².